The molecule has 0 fully saturated rings. The number of halogens is 1. The van der Waals surface area contributed by atoms with Gasteiger partial charge in [0.2, 0.25) is 5.82 Å². The van der Waals surface area contributed by atoms with Crippen LogP contribution in [0.3, 0.4) is 0 Å². The number of esters is 1. The van der Waals surface area contributed by atoms with Gasteiger partial charge in [0.15, 0.2) is 5.69 Å². The lowest BCUT2D eigenvalue weighted by atomic mass is 9.99. The Labute approximate surface area is 195 Å². The summed E-state index contributed by atoms with van der Waals surface area (Å²) in [6.45, 7) is 1.92. The van der Waals surface area contributed by atoms with Crippen molar-refractivity contribution in [2.24, 2.45) is 0 Å². The molecule has 0 saturated carbocycles. The maximum atomic E-state index is 12.6. The zero-order chi connectivity index (χ0) is 23.8. The monoisotopic (exact) mass is 467 g/mol. The van der Waals surface area contributed by atoms with Gasteiger partial charge in [-0.15, -0.1) is 0 Å². The van der Waals surface area contributed by atoms with E-state index in [9.17, 15) is 14.4 Å². The molecule has 1 aromatic heterocycles. The first kappa shape index (κ1) is 23.9. The second-order valence-electron chi connectivity index (χ2n) is 7.16. The van der Waals surface area contributed by atoms with Crippen LogP contribution in [-0.4, -0.2) is 45.6 Å². The number of hydrogen-bond acceptors (Lipinski definition) is 6. The number of ether oxygens (including phenoxy) is 1. The lowest BCUT2D eigenvalue weighted by molar-refractivity contribution is -0.143. The summed E-state index contributed by atoms with van der Waals surface area (Å²) >= 11 is 6.07. The molecule has 1 atom stereocenters. The highest BCUT2D eigenvalue weighted by molar-refractivity contribution is 6.30. The molecule has 33 heavy (non-hydrogen) atoms. The van der Waals surface area contributed by atoms with Crippen LogP contribution in [0.25, 0.3) is 11.1 Å². The van der Waals surface area contributed by atoms with Gasteiger partial charge in [-0.2, -0.15) is 0 Å². The van der Waals surface area contributed by atoms with E-state index in [-0.39, 0.29) is 24.5 Å². The summed E-state index contributed by atoms with van der Waals surface area (Å²) in [6.07, 6.45) is 1.48. The summed E-state index contributed by atoms with van der Waals surface area (Å²) in [5.74, 6) is -2.70. The topological polar surface area (TPSA) is 118 Å². The predicted molar refractivity (Wildman–Crippen MR) is 122 cm³/mol. The number of rotatable bonds is 9. The third kappa shape index (κ3) is 6.85. The zero-order valence-corrected chi connectivity index (χ0v) is 18.6. The Morgan fingerprint density at radius 3 is 2.52 bits per heavy atom. The third-order valence-corrected chi connectivity index (χ3v) is 4.96. The normalized spacial score (nSPS) is 11.5. The number of hydrogen-bond donors (Lipinski definition) is 2. The maximum Gasteiger partial charge on any atom is 0.354 e. The minimum absolute atomic E-state index is 0.0613. The summed E-state index contributed by atoms with van der Waals surface area (Å²) in [7, 11) is 0. The number of aromatic nitrogens is 2. The number of carboxylic acid groups (broad SMARTS) is 1. The molecule has 0 aliphatic heterocycles. The summed E-state index contributed by atoms with van der Waals surface area (Å²) < 4.78 is 5.02. The number of benzene rings is 2. The Morgan fingerprint density at radius 2 is 1.85 bits per heavy atom. The van der Waals surface area contributed by atoms with Crippen molar-refractivity contribution in [1.82, 2.24) is 15.3 Å². The smallest absolute Gasteiger partial charge is 0.354 e. The number of carbonyl (C=O) groups is 3. The van der Waals surface area contributed by atoms with Crippen molar-refractivity contribution in [1.29, 1.82) is 0 Å². The number of carbonyl (C=O) groups excluding carboxylic acids is 2. The fourth-order valence-corrected chi connectivity index (χ4v) is 3.41. The zero-order valence-electron chi connectivity index (χ0n) is 17.8. The molecule has 170 valence electrons. The predicted octanol–water partition coefficient (Wildman–Crippen LogP) is 3.79. The second-order valence-corrected chi connectivity index (χ2v) is 7.60. The summed E-state index contributed by atoms with van der Waals surface area (Å²) in [5, 5.41) is 12.4. The fourth-order valence-electron chi connectivity index (χ4n) is 3.22. The number of carboxylic acids is 1. The molecular weight excluding hydrogens is 446 g/mol. The van der Waals surface area contributed by atoms with Crippen molar-refractivity contribution in [3.63, 3.8) is 0 Å². The van der Waals surface area contributed by atoms with Crippen LogP contribution in [-0.2, 0) is 16.0 Å². The fraction of sp³-hybridized carbons (Fsp3) is 0.208. The van der Waals surface area contributed by atoms with Crippen LogP contribution in [0.5, 0.6) is 0 Å². The first-order valence-corrected chi connectivity index (χ1v) is 10.6. The van der Waals surface area contributed by atoms with Gasteiger partial charge in [0.05, 0.1) is 13.0 Å². The van der Waals surface area contributed by atoms with E-state index in [2.05, 4.69) is 15.3 Å². The largest absolute Gasteiger partial charge is 0.477 e. The van der Waals surface area contributed by atoms with E-state index in [0.29, 0.717) is 11.4 Å². The van der Waals surface area contributed by atoms with Crippen LogP contribution in [0.15, 0.2) is 60.8 Å². The van der Waals surface area contributed by atoms with E-state index in [1.165, 1.54) is 12.3 Å². The molecule has 9 heteroatoms. The van der Waals surface area contributed by atoms with Gasteiger partial charge in [0.25, 0.3) is 5.91 Å². The van der Waals surface area contributed by atoms with Gasteiger partial charge in [-0.1, -0.05) is 48.0 Å². The molecule has 0 unspecified atom stereocenters. The molecule has 8 nitrogen and oxygen atoms in total. The van der Waals surface area contributed by atoms with Crippen LogP contribution in [0.2, 0.25) is 5.02 Å². The second kappa shape index (κ2) is 11.2. The van der Waals surface area contributed by atoms with Gasteiger partial charge in [-0.25, -0.2) is 14.8 Å². The number of aromatic carboxylic acids is 1. The standard InChI is InChI=1S/C24H22ClN3O5/c1-2-33-21(29)14-19(27-23(30)22-26-11-10-20(28-22)24(31)32)12-15-6-8-16(9-7-15)17-4-3-5-18(25)13-17/h3-11,13,19H,2,12,14H2,1H3,(H,27,30)(H,31,32)/t19-/m1/s1. The van der Waals surface area contributed by atoms with Crippen molar-refractivity contribution >= 4 is 29.4 Å². The Balaban J connectivity index is 1.76. The van der Waals surface area contributed by atoms with Gasteiger partial charge in [-0.3, -0.25) is 9.59 Å². The quantitative estimate of drug-likeness (QED) is 0.459. The van der Waals surface area contributed by atoms with Crippen LogP contribution in [0, 0.1) is 0 Å². The average molecular weight is 468 g/mol. The van der Waals surface area contributed by atoms with E-state index in [0.717, 1.165) is 16.7 Å². The Kier molecular flexibility index (Phi) is 8.10. The molecule has 0 radical (unpaired) electrons. The maximum absolute atomic E-state index is 12.6. The lowest BCUT2D eigenvalue weighted by Crippen LogP contribution is -2.39. The first-order chi connectivity index (χ1) is 15.9. The molecule has 2 N–H and O–H groups in total. The molecule has 0 saturated heterocycles. The summed E-state index contributed by atoms with van der Waals surface area (Å²) in [6, 6.07) is 15.8. The molecule has 0 aliphatic rings. The summed E-state index contributed by atoms with van der Waals surface area (Å²) in [4.78, 5) is 43.4. The van der Waals surface area contributed by atoms with E-state index < -0.39 is 23.9 Å². The minimum Gasteiger partial charge on any atom is -0.477 e. The minimum atomic E-state index is -1.27. The van der Waals surface area contributed by atoms with Crippen LogP contribution >= 0.6 is 11.6 Å². The average Bonchev–Trinajstić information content (AvgIpc) is 2.79. The number of nitrogens with one attached hydrogen (secondary N) is 1. The van der Waals surface area contributed by atoms with Gasteiger partial charge in [0, 0.05) is 17.3 Å². The summed E-state index contributed by atoms with van der Waals surface area (Å²) in [5.41, 5.74) is 2.54. The van der Waals surface area contributed by atoms with Crippen molar-refractivity contribution < 1.29 is 24.2 Å². The van der Waals surface area contributed by atoms with Crippen LogP contribution in [0.1, 0.15) is 40.0 Å². The van der Waals surface area contributed by atoms with Gasteiger partial charge in [0.1, 0.15) is 0 Å². The molecule has 0 bridgehead atoms. The van der Waals surface area contributed by atoms with E-state index in [1.54, 1.807) is 13.0 Å². The molecule has 0 aliphatic carbocycles. The molecule has 3 aromatic rings. The van der Waals surface area contributed by atoms with E-state index >= 15 is 0 Å². The molecule has 3 rings (SSSR count). The molecule has 1 amide bonds. The van der Waals surface area contributed by atoms with Crippen LogP contribution < -0.4 is 5.32 Å². The Morgan fingerprint density at radius 1 is 1.09 bits per heavy atom. The van der Waals surface area contributed by atoms with Gasteiger partial charge >= 0.3 is 11.9 Å². The van der Waals surface area contributed by atoms with E-state index in [4.69, 9.17) is 21.4 Å². The number of nitrogens with zero attached hydrogens (tertiary/aromatic N) is 2. The third-order valence-electron chi connectivity index (χ3n) is 4.73. The van der Waals surface area contributed by atoms with Crippen molar-refractivity contribution in [3.8, 4) is 11.1 Å². The SMILES string of the molecule is CCOC(=O)C[C@@H](Cc1ccc(-c2cccc(Cl)c2)cc1)NC(=O)c1nccc(C(=O)O)n1. The molecular formula is C24H22ClN3O5. The highest BCUT2D eigenvalue weighted by atomic mass is 35.5. The Bertz CT molecular complexity index is 1150. The molecule has 1 heterocycles. The first-order valence-electron chi connectivity index (χ1n) is 10.2. The van der Waals surface area contributed by atoms with E-state index in [1.807, 2.05) is 42.5 Å². The lowest BCUT2D eigenvalue weighted by Gasteiger charge is -2.18. The van der Waals surface area contributed by atoms with Crippen LogP contribution in [0.4, 0.5) is 0 Å². The highest BCUT2D eigenvalue weighted by Crippen LogP contribution is 2.23. The highest BCUT2D eigenvalue weighted by Gasteiger charge is 2.21. The Hall–Kier alpha value is -3.78. The van der Waals surface area contributed by atoms with Gasteiger partial charge < -0.3 is 15.2 Å². The van der Waals surface area contributed by atoms with Gasteiger partial charge in [-0.05, 0) is 48.2 Å². The molecule has 2 aromatic carbocycles. The van der Waals surface area contributed by atoms with Crippen molar-refractivity contribution in [3.05, 3.63) is 82.9 Å². The van der Waals surface area contributed by atoms with Crippen molar-refractivity contribution in [2.45, 2.75) is 25.8 Å². The van der Waals surface area contributed by atoms with Crippen molar-refractivity contribution in [2.75, 3.05) is 6.61 Å². The number of amides is 1. The molecule has 0 spiro atoms.